The van der Waals surface area contributed by atoms with Crippen molar-refractivity contribution in [1.29, 1.82) is 0 Å². The van der Waals surface area contributed by atoms with Crippen LogP contribution < -0.4 is 4.90 Å². The fourth-order valence-corrected chi connectivity index (χ4v) is 3.85. The molecule has 3 heterocycles. The second-order valence-corrected chi connectivity index (χ2v) is 7.73. The van der Waals surface area contributed by atoms with Crippen molar-refractivity contribution in [3.63, 3.8) is 0 Å². The number of aromatic nitrogens is 4. The zero-order valence-corrected chi connectivity index (χ0v) is 17.0. The number of rotatable bonds is 2. The fraction of sp³-hybridized carbons (Fsp3) is 0.294. The Kier molecular flexibility index (Phi) is 4.70. The molecule has 2 aromatic heterocycles. The van der Waals surface area contributed by atoms with Gasteiger partial charge in [0.2, 0.25) is 0 Å². The summed E-state index contributed by atoms with van der Waals surface area (Å²) in [6, 6.07) is 7.41. The molecule has 0 saturated carbocycles. The second-order valence-electron chi connectivity index (χ2n) is 6.13. The zero-order chi connectivity index (χ0) is 18.3. The summed E-state index contributed by atoms with van der Waals surface area (Å²) in [5.74, 6) is 1.56. The van der Waals surface area contributed by atoms with Crippen LogP contribution in [0.4, 0.5) is 5.82 Å². The summed E-state index contributed by atoms with van der Waals surface area (Å²) < 4.78 is 2.65. The lowest BCUT2D eigenvalue weighted by Gasteiger charge is -2.36. The van der Waals surface area contributed by atoms with Gasteiger partial charge >= 0.3 is 0 Å². The van der Waals surface area contributed by atoms with E-state index >= 15 is 0 Å². The van der Waals surface area contributed by atoms with Gasteiger partial charge in [0.15, 0.2) is 0 Å². The smallest absolute Gasteiger partial charge is 0.255 e. The number of hydrogen-bond donors (Lipinski definition) is 0. The van der Waals surface area contributed by atoms with E-state index in [9.17, 15) is 4.79 Å². The summed E-state index contributed by atoms with van der Waals surface area (Å²) in [4.78, 5) is 25.5. The minimum absolute atomic E-state index is 0.0216. The van der Waals surface area contributed by atoms with E-state index in [-0.39, 0.29) is 5.91 Å². The molecule has 0 aliphatic carbocycles. The number of amides is 1. The van der Waals surface area contributed by atoms with Gasteiger partial charge in [-0.05, 0) is 47.7 Å². The Morgan fingerprint density at radius 1 is 1.19 bits per heavy atom. The number of piperazine rings is 1. The molecule has 0 unspecified atom stereocenters. The molecule has 0 spiro atoms. The lowest BCUT2D eigenvalue weighted by molar-refractivity contribution is 0.0745. The molecule has 26 heavy (non-hydrogen) atoms. The monoisotopic (exact) mass is 482 g/mol. The maximum absolute atomic E-state index is 12.8. The van der Waals surface area contributed by atoms with Crippen LogP contribution in [-0.4, -0.2) is 56.6 Å². The lowest BCUT2D eigenvalue weighted by atomic mass is 10.2. The quantitative estimate of drug-likeness (QED) is 0.526. The Morgan fingerprint density at radius 2 is 1.96 bits per heavy atom. The van der Waals surface area contributed by atoms with Crippen molar-refractivity contribution in [1.82, 2.24) is 24.5 Å². The Balaban J connectivity index is 1.53. The number of carbonyl (C=O) groups excluding carboxylic acids is 1. The first-order chi connectivity index (χ1) is 12.5. The third kappa shape index (κ3) is 3.23. The Bertz CT molecular complexity index is 983. The van der Waals surface area contributed by atoms with Crippen LogP contribution in [-0.2, 0) is 0 Å². The van der Waals surface area contributed by atoms with Gasteiger partial charge in [-0.2, -0.15) is 14.6 Å². The van der Waals surface area contributed by atoms with Gasteiger partial charge in [0.25, 0.3) is 11.7 Å². The number of aryl methyl sites for hydroxylation is 1. The van der Waals surface area contributed by atoms with Gasteiger partial charge in [0.1, 0.15) is 12.1 Å². The van der Waals surface area contributed by atoms with E-state index in [1.165, 1.54) is 6.33 Å². The highest BCUT2D eigenvalue weighted by atomic mass is 127. The molecule has 1 amide bonds. The van der Waals surface area contributed by atoms with Crippen LogP contribution in [0.15, 0.2) is 30.6 Å². The highest BCUT2D eigenvalue weighted by Crippen LogP contribution is 2.22. The standard InChI is InChI=1S/C17H16ClIN6O/c1-11-8-15(25-17(22-11)20-10-21-25)23-4-6-24(7-5-23)16(26)13-9-12(18)2-3-14(13)19/h2-3,8-10H,4-7H2,1H3. The molecule has 1 aromatic carbocycles. The van der Waals surface area contributed by atoms with E-state index in [1.807, 2.05) is 24.0 Å². The van der Waals surface area contributed by atoms with Crippen molar-refractivity contribution in [2.24, 2.45) is 0 Å². The number of carbonyl (C=O) groups is 1. The molecule has 134 valence electrons. The van der Waals surface area contributed by atoms with Gasteiger partial charge in [-0.3, -0.25) is 4.79 Å². The topological polar surface area (TPSA) is 66.6 Å². The van der Waals surface area contributed by atoms with Gasteiger partial charge < -0.3 is 9.80 Å². The number of hydrogen-bond acceptors (Lipinski definition) is 5. The minimum Gasteiger partial charge on any atom is -0.353 e. The van der Waals surface area contributed by atoms with E-state index in [0.29, 0.717) is 29.5 Å². The SMILES string of the molecule is Cc1cc(N2CCN(C(=O)c3cc(Cl)ccc3I)CC2)n2ncnc2n1. The highest BCUT2D eigenvalue weighted by molar-refractivity contribution is 14.1. The van der Waals surface area contributed by atoms with Crippen LogP contribution in [0.2, 0.25) is 5.02 Å². The molecular formula is C17H16ClIN6O. The molecule has 0 bridgehead atoms. The first-order valence-electron chi connectivity index (χ1n) is 8.19. The molecule has 9 heteroatoms. The number of fused-ring (bicyclic) bond motifs is 1. The molecule has 0 N–H and O–H groups in total. The normalized spacial score (nSPS) is 14.9. The van der Waals surface area contributed by atoms with Crippen LogP contribution in [0.5, 0.6) is 0 Å². The summed E-state index contributed by atoms with van der Waals surface area (Å²) in [6.45, 7) is 4.67. The molecule has 1 saturated heterocycles. The summed E-state index contributed by atoms with van der Waals surface area (Å²) in [7, 11) is 0. The number of benzene rings is 1. The predicted octanol–water partition coefficient (Wildman–Crippen LogP) is 2.65. The summed E-state index contributed by atoms with van der Waals surface area (Å²) in [6.07, 6.45) is 1.51. The van der Waals surface area contributed by atoms with Crippen LogP contribution in [0.25, 0.3) is 5.78 Å². The lowest BCUT2D eigenvalue weighted by Crippen LogP contribution is -2.49. The van der Waals surface area contributed by atoms with Crippen molar-refractivity contribution in [3.8, 4) is 0 Å². The molecule has 1 fully saturated rings. The van der Waals surface area contributed by atoms with E-state index < -0.39 is 0 Å². The Morgan fingerprint density at radius 3 is 2.73 bits per heavy atom. The maximum Gasteiger partial charge on any atom is 0.255 e. The van der Waals surface area contributed by atoms with E-state index in [0.717, 1.165) is 28.2 Å². The van der Waals surface area contributed by atoms with Crippen LogP contribution >= 0.6 is 34.2 Å². The summed E-state index contributed by atoms with van der Waals surface area (Å²) in [5, 5.41) is 4.84. The van der Waals surface area contributed by atoms with Crippen molar-refractivity contribution in [2.75, 3.05) is 31.1 Å². The van der Waals surface area contributed by atoms with Crippen LogP contribution in [0.1, 0.15) is 16.1 Å². The van der Waals surface area contributed by atoms with Gasteiger partial charge in [-0.15, -0.1) is 0 Å². The van der Waals surface area contributed by atoms with Gasteiger partial charge in [-0.1, -0.05) is 11.6 Å². The zero-order valence-electron chi connectivity index (χ0n) is 14.1. The van der Waals surface area contributed by atoms with Gasteiger partial charge in [0.05, 0.1) is 5.56 Å². The average molecular weight is 483 g/mol. The molecular weight excluding hydrogens is 467 g/mol. The maximum atomic E-state index is 12.8. The number of anilines is 1. The molecule has 0 atom stereocenters. The molecule has 4 rings (SSSR count). The molecule has 1 aliphatic rings. The van der Waals surface area contributed by atoms with Crippen molar-refractivity contribution in [3.05, 3.63) is 50.4 Å². The Labute approximate surface area is 169 Å². The Hall–Kier alpha value is -1.94. The van der Waals surface area contributed by atoms with Crippen LogP contribution in [0.3, 0.4) is 0 Å². The van der Waals surface area contributed by atoms with Crippen molar-refractivity contribution < 1.29 is 4.79 Å². The molecule has 3 aromatic rings. The van der Waals surface area contributed by atoms with Crippen molar-refractivity contribution >= 4 is 51.7 Å². The second kappa shape index (κ2) is 6.99. The third-order valence-corrected chi connectivity index (χ3v) is 5.59. The first-order valence-corrected chi connectivity index (χ1v) is 9.65. The van der Waals surface area contributed by atoms with Gasteiger partial charge in [-0.25, -0.2) is 4.98 Å². The average Bonchev–Trinajstić information content (AvgIpc) is 3.11. The van der Waals surface area contributed by atoms with Crippen LogP contribution in [0, 0.1) is 10.5 Å². The third-order valence-electron chi connectivity index (χ3n) is 4.41. The number of halogens is 2. The van der Waals surface area contributed by atoms with E-state index in [4.69, 9.17) is 11.6 Å². The predicted molar refractivity (Wildman–Crippen MR) is 108 cm³/mol. The highest BCUT2D eigenvalue weighted by Gasteiger charge is 2.25. The largest absolute Gasteiger partial charge is 0.353 e. The molecule has 0 radical (unpaired) electrons. The van der Waals surface area contributed by atoms with E-state index in [2.05, 4.69) is 42.6 Å². The summed E-state index contributed by atoms with van der Waals surface area (Å²) in [5.41, 5.74) is 1.55. The minimum atomic E-state index is 0.0216. The first kappa shape index (κ1) is 17.5. The van der Waals surface area contributed by atoms with Gasteiger partial charge in [0, 0.05) is 46.5 Å². The fourth-order valence-electron chi connectivity index (χ4n) is 3.11. The summed E-state index contributed by atoms with van der Waals surface area (Å²) >= 11 is 8.23. The molecule has 7 nitrogen and oxygen atoms in total. The van der Waals surface area contributed by atoms with E-state index in [1.54, 1.807) is 16.6 Å². The van der Waals surface area contributed by atoms with Crippen molar-refractivity contribution in [2.45, 2.75) is 6.92 Å². The molecule has 1 aliphatic heterocycles. The number of nitrogens with zero attached hydrogens (tertiary/aromatic N) is 6.